The number of rotatable bonds is 16. The summed E-state index contributed by atoms with van der Waals surface area (Å²) in [5, 5.41) is 0. The molecule has 0 aliphatic rings. The molecule has 2 aromatic carbocycles. The van der Waals surface area contributed by atoms with Gasteiger partial charge in [0.15, 0.2) is 6.04 Å². The Kier molecular flexibility index (Phi) is 12.0. The van der Waals surface area contributed by atoms with Crippen LogP contribution in [0.3, 0.4) is 0 Å². The number of carbonyl (C=O) groups excluding carboxylic acids is 1. The molecule has 0 aliphatic heterocycles. The minimum Gasteiger partial charge on any atom is -0.490 e. The van der Waals surface area contributed by atoms with Crippen molar-refractivity contribution >= 4 is 5.97 Å². The van der Waals surface area contributed by atoms with E-state index < -0.39 is 0 Å². The van der Waals surface area contributed by atoms with Crippen LogP contribution < -0.4 is 4.74 Å². The summed E-state index contributed by atoms with van der Waals surface area (Å²) in [5.74, 6) is 0.632. The monoisotopic (exact) mass is 454 g/mol. The molecule has 0 saturated heterocycles. The highest BCUT2D eigenvalue weighted by Gasteiger charge is 2.32. The van der Waals surface area contributed by atoms with Gasteiger partial charge >= 0.3 is 5.97 Å². The molecule has 4 nitrogen and oxygen atoms in total. The Hall–Kier alpha value is -2.33. The van der Waals surface area contributed by atoms with Crippen molar-refractivity contribution in [3.05, 3.63) is 65.7 Å². The van der Waals surface area contributed by atoms with Crippen LogP contribution >= 0.6 is 0 Å². The average Bonchev–Trinajstić information content (AvgIpc) is 2.82. The van der Waals surface area contributed by atoms with Gasteiger partial charge in [-0.3, -0.25) is 0 Å². The van der Waals surface area contributed by atoms with Crippen LogP contribution in [0.25, 0.3) is 0 Å². The summed E-state index contributed by atoms with van der Waals surface area (Å²) in [5.41, 5.74) is 2.57. The SMILES string of the molecule is CCCCCCCCCc1ccc(OCCOC(=O)C(C)[N+](C)(C)Cc2ccccc2)cc1. The van der Waals surface area contributed by atoms with Gasteiger partial charge in [0.25, 0.3) is 0 Å². The predicted molar refractivity (Wildman–Crippen MR) is 136 cm³/mol. The van der Waals surface area contributed by atoms with Crippen molar-refractivity contribution in [2.45, 2.75) is 77.8 Å². The van der Waals surface area contributed by atoms with Gasteiger partial charge < -0.3 is 14.0 Å². The van der Waals surface area contributed by atoms with Crippen molar-refractivity contribution in [1.29, 1.82) is 0 Å². The lowest BCUT2D eigenvalue weighted by atomic mass is 10.0. The van der Waals surface area contributed by atoms with E-state index in [2.05, 4.69) is 45.3 Å². The minimum atomic E-state index is -0.254. The first-order valence-electron chi connectivity index (χ1n) is 12.7. The van der Waals surface area contributed by atoms with Crippen LogP contribution in [0.5, 0.6) is 5.75 Å². The second-order valence-corrected chi connectivity index (χ2v) is 9.63. The summed E-state index contributed by atoms with van der Waals surface area (Å²) in [6.07, 6.45) is 10.5. The molecule has 0 aromatic heterocycles. The van der Waals surface area contributed by atoms with E-state index in [1.54, 1.807) is 0 Å². The molecule has 0 aliphatic carbocycles. The highest BCUT2D eigenvalue weighted by atomic mass is 16.6. The molecule has 2 aromatic rings. The molecule has 0 spiro atoms. The Morgan fingerprint density at radius 3 is 2.12 bits per heavy atom. The number of nitrogens with zero attached hydrogens (tertiary/aromatic N) is 1. The third-order valence-corrected chi connectivity index (χ3v) is 6.41. The number of carbonyl (C=O) groups is 1. The van der Waals surface area contributed by atoms with Crippen molar-refractivity contribution in [2.24, 2.45) is 0 Å². The Balaban J connectivity index is 1.63. The van der Waals surface area contributed by atoms with Gasteiger partial charge in [-0.15, -0.1) is 0 Å². The molecular formula is C29H44NO3+. The number of benzene rings is 2. The largest absolute Gasteiger partial charge is 0.490 e. The molecule has 33 heavy (non-hydrogen) atoms. The van der Waals surface area contributed by atoms with Gasteiger partial charge in [-0.2, -0.15) is 0 Å². The maximum Gasteiger partial charge on any atom is 0.364 e. The van der Waals surface area contributed by atoms with Crippen molar-refractivity contribution in [3.8, 4) is 5.75 Å². The summed E-state index contributed by atoms with van der Waals surface area (Å²) in [6.45, 7) is 5.58. The highest BCUT2D eigenvalue weighted by Crippen LogP contribution is 2.17. The lowest BCUT2D eigenvalue weighted by Crippen LogP contribution is -2.51. The van der Waals surface area contributed by atoms with E-state index in [9.17, 15) is 4.79 Å². The van der Waals surface area contributed by atoms with Crippen molar-refractivity contribution in [3.63, 3.8) is 0 Å². The summed E-state index contributed by atoms with van der Waals surface area (Å²) in [6, 6.07) is 18.3. The molecule has 0 radical (unpaired) electrons. The molecule has 0 saturated carbocycles. The molecule has 0 bridgehead atoms. The van der Waals surface area contributed by atoms with Crippen molar-refractivity contribution in [1.82, 2.24) is 0 Å². The number of likely N-dealkylation sites (N-methyl/N-ethyl adjacent to an activating group) is 1. The normalized spacial score (nSPS) is 12.4. The van der Waals surface area contributed by atoms with Crippen LogP contribution in [0.1, 0.15) is 69.9 Å². The Bertz CT molecular complexity index is 786. The summed E-state index contributed by atoms with van der Waals surface area (Å²) >= 11 is 0. The molecule has 4 heteroatoms. The van der Waals surface area contributed by atoms with E-state index in [0.717, 1.165) is 18.7 Å². The van der Waals surface area contributed by atoms with E-state index in [1.165, 1.54) is 56.1 Å². The zero-order chi connectivity index (χ0) is 23.9. The molecule has 0 heterocycles. The summed E-state index contributed by atoms with van der Waals surface area (Å²) in [4.78, 5) is 12.5. The first-order chi connectivity index (χ1) is 15.9. The van der Waals surface area contributed by atoms with Gasteiger partial charge in [-0.05, 0) is 37.5 Å². The van der Waals surface area contributed by atoms with E-state index in [-0.39, 0.29) is 18.6 Å². The summed E-state index contributed by atoms with van der Waals surface area (Å²) in [7, 11) is 4.12. The number of ether oxygens (including phenoxy) is 2. The van der Waals surface area contributed by atoms with Crippen LogP contribution in [0, 0.1) is 0 Å². The number of hydrogen-bond donors (Lipinski definition) is 0. The second-order valence-electron chi connectivity index (χ2n) is 9.63. The van der Waals surface area contributed by atoms with Crippen LogP contribution in [0.4, 0.5) is 0 Å². The molecule has 182 valence electrons. The van der Waals surface area contributed by atoms with Gasteiger partial charge in [0, 0.05) is 5.56 Å². The smallest absolute Gasteiger partial charge is 0.364 e. The maximum atomic E-state index is 12.5. The lowest BCUT2D eigenvalue weighted by Gasteiger charge is -2.34. The van der Waals surface area contributed by atoms with E-state index in [4.69, 9.17) is 9.47 Å². The fourth-order valence-electron chi connectivity index (χ4n) is 3.94. The fraction of sp³-hybridized carbons (Fsp3) is 0.552. The van der Waals surface area contributed by atoms with Crippen LogP contribution in [0.2, 0.25) is 0 Å². The lowest BCUT2D eigenvalue weighted by molar-refractivity contribution is -0.917. The number of quaternary nitrogens is 1. The average molecular weight is 455 g/mol. The summed E-state index contributed by atoms with van der Waals surface area (Å²) < 4.78 is 11.8. The molecule has 0 fully saturated rings. The van der Waals surface area contributed by atoms with Crippen LogP contribution in [0.15, 0.2) is 54.6 Å². The molecule has 1 unspecified atom stereocenters. The first-order valence-corrected chi connectivity index (χ1v) is 12.7. The van der Waals surface area contributed by atoms with Crippen molar-refractivity contribution < 1.29 is 18.8 Å². The number of aryl methyl sites for hydroxylation is 1. The topological polar surface area (TPSA) is 35.5 Å². The Morgan fingerprint density at radius 1 is 0.818 bits per heavy atom. The van der Waals surface area contributed by atoms with Gasteiger partial charge in [-0.25, -0.2) is 4.79 Å². The second kappa shape index (κ2) is 14.7. The van der Waals surface area contributed by atoms with Gasteiger partial charge in [-0.1, -0.05) is 87.9 Å². The number of hydrogen-bond acceptors (Lipinski definition) is 3. The standard InChI is InChI=1S/C29H44NO3/c1-5-6-7-8-9-10-12-15-26-18-20-28(21-19-26)32-22-23-33-29(31)25(2)30(3,4)24-27-16-13-11-14-17-27/h11,13-14,16-21,25H,5-10,12,15,22-24H2,1-4H3/q+1. The molecule has 0 amide bonds. The third kappa shape index (κ3) is 10.4. The molecular weight excluding hydrogens is 410 g/mol. The van der Waals surface area contributed by atoms with Gasteiger partial charge in [0.05, 0.1) is 14.1 Å². The van der Waals surface area contributed by atoms with E-state index in [0.29, 0.717) is 11.1 Å². The molecule has 2 rings (SSSR count). The Morgan fingerprint density at radius 2 is 1.45 bits per heavy atom. The highest BCUT2D eigenvalue weighted by molar-refractivity contribution is 5.74. The maximum absolute atomic E-state index is 12.5. The third-order valence-electron chi connectivity index (χ3n) is 6.41. The fourth-order valence-corrected chi connectivity index (χ4v) is 3.94. The Labute approximate surface area is 201 Å². The number of esters is 1. The van der Waals surface area contributed by atoms with Crippen molar-refractivity contribution in [2.75, 3.05) is 27.3 Å². The van der Waals surface area contributed by atoms with E-state index >= 15 is 0 Å². The molecule has 1 atom stereocenters. The number of unbranched alkanes of at least 4 members (excludes halogenated alkanes) is 6. The molecule has 0 N–H and O–H groups in total. The minimum absolute atomic E-state index is 0.190. The van der Waals surface area contributed by atoms with E-state index in [1.807, 2.05) is 37.3 Å². The zero-order valence-electron chi connectivity index (χ0n) is 21.2. The first kappa shape index (κ1) is 26.9. The quantitative estimate of drug-likeness (QED) is 0.163. The van der Waals surface area contributed by atoms with Gasteiger partial charge in [0.1, 0.15) is 25.5 Å². The van der Waals surface area contributed by atoms with Crippen LogP contribution in [-0.4, -0.2) is 43.8 Å². The van der Waals surface area contributed by atoms with Crippen LogP contribution in [-0.2, 0) is 22.5 Å². The predicted octanol–water partition coefficient (Wildman–Crippen LogP) is 6.57. The van der Waals surface area contributed by atoms with Gasteiger partial charge in [0.2, 0.25) is 0 Å². The zero-order valence-corrected chi connectivity index (χ0v) is 21.2.